The Morgan fingerprint density at radius 3 is 2.62 bits per heavy atom. The van der Waals surface area contributed by atoms with Crippen LogP contribution in [-0.2, 0) is 17.8 Å². The lowest BCUT2D eigenvalue weighted by molar-refractivity contribution is -0.117. The predicted octanol–water partition coefficient (Wildman–Crippen LogP) is 2.41. The normalized spacial score (nSPS) is 15.1. The highest BCUT2D eigenvalue weighted by atomic mass is 16.3. The van der Waals surface area contributed by atoms with E-state index < -0.39 is 6.10 Å². The fraction of sp³-hybridized carbons (Fsp3) is 0.235. The van der Waals surface area contributed by atoms with Gasteiger partial charge in [0.25, 0.3) is 0 Å². The van der Waals surface area contributed by atoms with Gasteiger partial charge in [0, 0.05) is 11.4 Å². The monoisotopic (exact) mass is 282 g/mol. The smallest absolute Gasteiger partial charge is 0.231 e. The average molecular weight is 282 g/mol. The lowest BCUT2D eigenvalue weighted by Crippen LogP contribution is -2.25. The number of anilines is 2. The van der Waals surface area contributed by atoms with Gasteiger partial charge < -0.3 is 15.7 Å². The van der Waals surface area contributed by atoms with Gasteiger partial charge >= 0.3 is 0 Å². The summed E-state index contributed by atoms with van der Waals surface area (Å²) in [5.41, 5.74) is 10.2. The molecule has 3 N–H and O–H groups in total. The van der Waals surface area contributed by atoms with Crippen LogP contribution in [0.2, 0.25) is 0 Å². The maximum absolute atomic E-state index is 12.2. The third-order valence-corrected chi connectivity index (χ3v) is 3.84. The van der Waals surface area contributed by atoms with E-state index in [2.05, 4.69) is 0 Å². The lowest BCUT2D eigenvalue weighted by Gasteiger charge is -2.18. The summed E-state index contributed by atoms with van der Waals surface area (Å²) >= 11 is 0. The molecule has 1 aliphatic heterocycles. The summed E-state index contributed by atoms with van der Waals surface area (Å²) < 4.78 is 0. The fourth-order valence-electron chi connectivity index (χ4n) is 2.64. The first kappa shape index (κ1) is 13.6. The summed E-state index contributed by atoms with van der Waals surface area (Å²) in [4.78, 5) is 14.0. The molecule has 0 fully saturated rings. The van der Waals surface area contributed by atoms with Gasteiger partial charge in [-0.25, -0.2) is 0 Å². The van der Waals surface area contributed by atoms with Gasteiger partial charge in [-0.15, -0.1) is 0 Å². The lowest BCUT2D eigenvalue weighted by atomic mass is 10.1. The van der Waals surface area contributed by atoms with Gasteiger partial charge in [-0.1, -0.05) is 24.3 Å². The Bertz CT molecular complexity index is 678. The zero-order valence-corrected chi connectivity index (χ0v) is 11.9. The number of nitrogens with two attached hydrogens (primary N) is 1. The van der Waals surface area contributed by atoms with E-state index in [1.165, 1.54) is 0 Å². The van der Waals surface area contributed by atoms with Crippen molar-refractivity contribution in [2.75, 3.05) is 10.6 Å². The number of nitrogen functional groups attached to an aromatic ring is 1. The number of fused-ring (bicyclic) bond motifs is 1. The molecule has 0 radical (unpaired) electrons. The van der Waals surface area contributed by atoms with Gasteiger partial charge in [0.2, 0.25) is 5.91 Å². The standard InChI is InChI=1S/C17H18N2O2/c1-11(20)13-4-7-16-14(8-13)9-17(21)19(16)10-12-2-5-15(18)6-3-12/h2-8,11,20H,9-10,18H2,1H3. The molecule has 1 amide bonds. The van der Waals surface area contributed by atoms with Crippen molar-refractivity contribution >= 4 is 17.3 Å². The quantitative estimate of drug-likeness (QED) is 0.850. The maximum Gasteiger partial charge on any atom is 0.231 e. The van der Waals surface area contributed by atoms with Crippen molar-refractivity contribution in [3.05, 3.63) is 59.2 Å². The minimum absolute atomic E-state index is 0.0876. The van der Waals surface area contributed by atoms with Crippen molar-refractivity contribution in [2.24, 2.45) is 0 Å². The van der Waals surface area contributed by atoms with Crippen molar-refractivity contribution < 1.29 is 9.90 Å². The van der Waals surface area contributed by atoms with Crippen LogP contribution >= 0.6 is 0 Å². The van der Waals surface area contributed by atoms with Crippen molar-refractivity contribution in [1.29, 1.82) is 0 Å². The number of benzene rings is 2. The van der Waals surface area contributed by atoms with Gasteiger partial charge in [0.05, 0.1) is 19.1 Å². The molecular weight excluding hydrogens is 264 g/mol. The first-order valence-corrected chi connectivity index (χ1v) is 7.00. The molecule has 0 aromatic heterocycles. The Morgan fingerprint density at radius 2 is 1.95 bits per heavy atom. The zero-order valence-electron chi connectivity index (χ0n) is 11.9. The number of hydrogen-bond donors (Lipinski definition) is 2. The number of aliphatic hydroxyl groups excluding tert-OH is 1. The molecule has 0 spiro atoms. The highest BCUT2D eigenvalue weighted by Gasteiger charge is 2.27. The number of nitrogens with zero attached hydrogens (tertiary/aromatic N) is 1. The molecule has 0 saturated carbocycles. The second-order valence-electron chi connectivity index (χ2n) is 5.46. The minimum atomic E-state index is -0.517. The van der Waals surface area contributed by atoms with Crippen molar-refractivity contribution in [1.82, 2.24) is 0 Å². The second kappa shape index (κ2) is 5.22. The molecule has 0 bridgehead atoms. The van der Waals surface area contributed by atoms with Crippen molar-refractivity contribution in [3.8, 4) is 0 Å². The molecule has 1 unspecified atom stereocenters. The average Bonchev–Trinajstić information content (AvgIpc) is 2.76. The Labute approximate surface area is 123 Å². The molecule has 0 saturated heterocycles. The minimum Gasteiger partial charge on any atom is -0.399 e. The number of hydrogen-bond acceptors (Lipinski definition) is 3. The van der Waals surface area contributed by atoms with Crippen LogP contribution in [0.3, 0.4) is 0 Å². The van der Waals surface area contributed by atoms with E-state index in [1.54, 1.807) is 11.8 Å². The molecule has 4 heteroatoms. The van der Waals surface area contributed by atoms with E-state index >= 15 is 0 Å². The molecule has 1 heterocycles. The molecular formula is C17H18N2O2. The van der Waals surface area contributed by atoms with E-state index in [0.717, 1.165) is 22.4 Å². The van der Waals surface area contributed by atoms with Crippen LogP contribution in [-0.4, -0.2) is 11.0 Å². The van der Waals surface area contributed by atoms with Crippen LogP contribution in [0.5, 0.6) is 0 Å². The third kappa shape index (κ3) is 2.62. The molecule has 1 atom stereocenters. The number of amides is 1. The zero-order chi connectivity index (χ0) is 15.0. The van der Waals surface area contributed by atoms with Gasteiger partial charge in [0.1, 0.15) is 0 Å². The Balaban J connectivity index is 1.88. The van der Waals surface area contributed by atoms with Crippen molar-refractivity contribution in [2.45, 2.75) is 26.0 Å². The summed E-state index contributed by atoms with van der Waals surface area (Å²) in [6.07, 6.45) is -0.123. The number of rotatable bonds is 3. The van der Waals surface area contributed by atoms with E-state index in [0.29, 0.717) is 18.7 Å². The van der Waals surface area contributed by atoms with Gasteiger partial charge in [0.15, 0.2) is 0 Å². The highest BCUT2D eigenvalue weighted by molar-refractivity contribution is 6.01. The summed E-state index contributed by atoms with van der Waals surface area (Å²) in [6.45, 7) is 2.27. The van der Waals surface area contributed by atoms with Gasteiger partial charge in [-0.3, -0.25) is 4.79 Å². The maximum atomic E-state index is 12.2. The molecule has 108 valence electrons. The number of carbonyl (C=O) groups is 1. The number of carbonyl (C=O) groups excluding carboxylic acids is 1. The van der Waals surface area contributed by atoms with E-state index in [1.807, 2.05) is 42.5 Å². The van der Waals surface area contributed by atoms with Crippen LogP contribution < -0.4 is 10.6 Å². The molecule has 3 rings (SSSR count). The fourth-order valence-corrected chi connectivity index (χ4v) is 2.64. The van der Waals surface area contributed by atoms with Crippen LogP contribution in [0.15, 0.2) is 42.5 Å². The molecule has 0 aliphatic carbocycles. The molecule has 1 aliphatic rings. The van der Waals surface area contributed by atoms with Crippen LogP contribution in [0, 0.1) is 0 Å². The Kier molecular flexibility index (Phi) is 3.39. The molecule has 21 heavy (non-hydrogen) atoms. The molecule has 4 nitrogen and oxygen atoms in total. The summed E-state index contributed by atoms with van der Waals surface area (Å²) in [5.74, 6) is 0.0876. The van der Waals surface area contributed by atoms with Crippen LogP contribution in [0.1, 0.15) is 29.7 Å². The topological polar surface area (TPSA) is 66.6 Å². The van der Waals surface area contributed by atoms with Gasteiger partial charge in [-0.2, -0.15) is 0 Å². The van der Waals surface area contributed by atoms with Crippen LogP contribution in [0.25, 0.3) is 0 Å². The first-order chi connectivity index (χ1) is 10.0. The largest absolute Gasteiger partial charge is 0.399 e. The van der Waals surface area contributed by atoms with E-state index in [9.17, 15) is 9.90 Å². The van der Waals surface area contributed by atoms with E-state index in [4.69, 9.17) is 5.73 Å². The SMILES string of the molecule is CC(O)c1ccc2c(c1)CC(=O)N2Cc1ccc(N)cc1. The second-order valence-corrected chi connectivity index (χ2v) is 5.46. The molecule has 2 aromatic rings. The summed E-state index contributed by atoms with van der Waals surface area (Å²) in [6, 6.07) is 13.3. The van der Waals surface area contributed by atoms with Crippen molar-refractivity contribution in [3.63, 3.8) is 0 Å². The van der Waals surface area contributed by atoms with E-state index in [-0.39, 0.29) is 5.91 Å². The predicted molar refractivity (Wildman–Crippen MR) is 82.8 cm³/mol. The summed E-state index contributed by atoms with van der Waals surface area (Å²) in [7, 11) is 0. The highest BCUT2D eigenvalue weighted by Crippen LogP contribution is 2.32. The summed E-state index contributed by atoms with van der Waals surface area (Å²) in [5, 5.41) is 9.64. The van der Waals surface area contributed by atoms with Crippen LogP contribution in [0.4, 0.5) is 11.4 Å². The first-order valence-electron chi connectivity index (χ1n) is 7.00. The third-order valence-electron chi connectivity index (χ3n) is 3.84. The number of aliphatic hydroxyl groups is 1. The Hall–Kier alpha value is -2.33. The van der Waals surface area contributed by atoms with Gasteiger partial charge in [-0.05, 0) is 41.8 Å². The Morgan fingerprint density at radius 1 is 1.24 bits per heavy atom. The molecule has 2 aromatic carbocycles.